The Labute approximate surface area is 130 Å². The fraction of sp³-hybridized carbons (Fsp3) is 0.562. The number of aliphatic hydroxyl groups is 1. The number of pyridine rings is 1. The van der Waals surface area contributed by atoms with Crippen molar-refractivity contribution < 1.29 is 5.11 Å². The van der Waals surface area contributed by atoms with E-state index in [4.69, 9.17) is 0 Å². The molecule has 0 aliphatic heterocycles. The van der Waals surface area contributed by atoms with E-state index in [1.165, 1.54) is 6.07 Å². The first-order valence-corrected chi connectivity index (χ1v) is 7.73. The average molecular weight is 304 g/mol. The molecule has 6 nitrogen and oxygen atoms in total. The molecule has 0 saturated heterocycles. The Morgan fingerprint density at radius 3 is 2.64 bits per heavy atom. The zero-order valence-corrected chi connectivity index (χ0v) is 13.6. The van der Waals surface area contributed by atoms with Gasteiger partial charge in [0.05, 0.1) is 12.6 Å². The van der Waals surface area contributed by atoms with Gasteiger partial charge in [-0.3, -0.25) is 9.36 Å². The molecule has 0 unspecified atom stereocenters. The average Bonchev–Trinajstić information content (AvgIpc) is 2.51. The molecule has 0 aliphatic rings. The predicted octanol–water partition coefficient (Wildman–Crippen LogP) is 2.19. The number of hydrogen-bond donors (Lipinski definition) is 2. The highest BCUT2D eigenvalue weighted by atomic mass is 16.3. The summed E-state index contributed by atoms with van der Waals surface area (Å²) in [7, 11) is 0. The van der Waals surface area contributed by atoms with Gasteiger partial charge in [-0.25, -0.2) is 4.98 Å². The molecule has 22 heavy (non-hydrogen) atoms. The van der Waals surface area contributed by atoms with Crippen molar-refractivity contribution in [3.8, 4) is 0 Å². The van der Waals surface area contributed by atoms with E-state index < -0.39 is 0 Å². The highest BCUT2D eigenvalue weighted by molar-refractivity contribution is 5.75. The molecule has 2 atom stereocenters. The smallest absolute Gasteiger partial charge is 0.252 e. The number of anilines is 1. The summed E-state index contributed by atoms with van der Waals surface area (Å²) in [6, 6.07) is 3.18. The zero-order valence-electron chi connectivity index (χ0n) is 13.6. The third-order valence-electron chi connectivity index (χ3n) is 4.03. The van der Waals surface area contributed by atoms with Crippen LogP contribution in [0, 0.1) is 5.92 Å². The summed E-state index contributed by atoms with van der Waals surface area (Å²) in [4.78, 5) is 20.8. The van der Waals surface area contributed by atoms with Crippen LogP contribution < -0.4 is 10.9 Å². The molecular formula is C16H24N4O2. The molecule has 0 spiro atoms. The molecule has 0 fully saturated rings. The van der Waals surface area contributed by atoms with Gasteiger partial charge in [0.1, 0.15) is 5.65 Å². The molecule has 2 aromatic rings. The summed E-state index contributed by atoms with van der Waals surface area (Å²) in [6.45, 7) is 8.06. The van der Waals surface area contributed by atoms with Crippen LogP contribution in [0.5, 0.6) is 0 Å². The van der Waals surface area contributed by atoms with E-state index in [1.807, 2.05) is 13.8 Å². The lowest BCUT2D eigenvalue weighted by Crippen LogP contribution is -2.31. The van der Waals surface area contributed by atoms with E-state index >= 15 is 0 Å². The number of rotatable bonds is 6. The van der Waals surface area contributed by atoms with Gasteiger partial charge in [-0.05, 0) is 25.8 Å². The summed E-state index contributed by atoms with van der Waals surface area (Å²) in [5.74, 6) is 0.735. The summed E-state index contributed by atoms with van der Waals surface area (Å²) in [6.07, 6.45) is 2.65. The van der Waals surface area contributed by atoms with Gasteiger partial charge in [0.15, 0.2) is 0 Å². The molecule has 0 aromatic carbocycles. The second-order valence-corrected chi connectivity index (χ2v) is 5.93. The van der Waals surface area contributed by atoms with Crippen molar-refractivity contribution in [2.24, 2.45) is 5.92 Å². The van der Waals surface area contributed by atoms with Gasteiger partial charge in [-0.1, -0.05) is 20.3 Å². The normalized spacial score (nSPS) is 14.3. The number of aliphatic hydroxyl groups excluding tert-OH is 1. The minimum atomic E-state index is -0.106. The molecule has 2 rings (SSSR count). The Morgan fingerprint density at radius 1 is 1.32 bits per heavy atom. The Bertz CT molecular complexity index is 696. The molecule has 120 valence electrons. The first-order valence-electron chi connectivity index (χ1n) is 7.73. The number of fused-ring (bicyclic) bond motifs is 1. The van der Waals surface area contributed by atoms with Crippen LogP contribution in [0.4, 0.5) is 5.95 Å². The van der Waals surface area contributed by atoms with E-state index in [2.05, 4.69) is 29.1 Å². The Morgan fingerprint density at radius 2 is 2.05 bits per heavy atom. The Kier molecular flexibility index (Phi) is 5.13. The van der Waals surface area contributed by atoms with Gasteiger partial charge in [-0.15, -0.1) is 0 Å². The molecular weight excluding hydrogens is 280 g/mol. The molecule has 0 radical (unpaired) electrons. The quantitative estimate of drug-likeness (QED) is 0.855. The second-order valence-electron chi connectivity index (χ2n) is 5.93. The number of aromatic nitrogens is 3. The third kappa shape index (κ3) is 3.27. The maximum absolute atomic E-state index is 12.1. The lowest BCUT2D eigenvalue weighted by Gasteiger charge is -2.22. The van der Waals surface area contributed by atoms with Gasteiger partial charge in [0.25, 0.3) is 5.56 Å². The van der Waals surface area contributed by atoms with Gasteiger partial charge in [-0.2, -0.15) is 4.98 Å². The molecule has 2 N–H and O–H groups in total. The molecule has 0 aliphatic carbocycles. The fourth-order valence-corrected chi connectivity index (χ4v) is 2.43. The largest absolute Gasteiger partial charge is 0.394 e. The van der Waals surface area contributed by atoms with Crippen LogP contribution in [0.15, 0.2) is 23.1 Å². The van der Waals surface area contributed by atoms with Crippen molar-refractivity contribution in [3.05, 3.63) is 28.7 Å². The number of hydrogen-bond acceptors (Lipinski definition) is 5. The molecule has 2 aromatic heterocycles. The van der Waals surface area contributed by atoms with Gasteiger partial charge >= 0.3 is 0 Å². The number of nitrogens with one attached hydrogen (secondary N) is 1. The Balaban J connectivity index is 2.45. The zero-order chi connectivity index (χ0) is 16.3. The standard InChI is InChI=1S/C16H24N4O2/c1-5-11(4)13(9-21)18-16-17-8-12-6-7-14(22)20(10(2)3)15(12)19-16/h6-8,10-11,13,21H,5,9H2,1-4H3,(H,17,18,19)/t11-,13+/m0/s1. The minimum Gasteiger partial charge on any atom is -0.394 e. The lowest BCUT2D eigenvalue weighted by molar-refractivity contribution is 0.240. The van der Waals surface area contributed by atoms with Crippen LogP contribution in [-0.2, 0) is 0 Å². The van der Waals surface area contributed by atoms with Crippen molar-refractivity contribution >= 4 is 17.0 Å². The predicted molar refractivity (Wildman–Crippen MR) is 88.1 cm³/mol. The summed E-state index contributed by atoms with van der Waals surface area (Å²) in [5.41, 5.74) is 0.536. The van der Waals surface area contributed by atoms with Crippen LogP contribution in [0.25, 0.3) is 11.0 Å². The van der Waals surface area contributed by atoms with Crippen LogP contribution in [0.3, 0.4) is 0 Å². The van der Waals surface area contributed by atoms with Crippen LogP contribution in [0.1, 0.15) is 40.2 Å². The number of nitrogens with zero attached hydrogens (tertiary/aromatic N) is 3. The maximum atomic E-state index is 12.1. The molecule has 0 bridgehead atoms. The maximum Gasteiger partial charge on any atom is 0.252 e. The summed E-state index contributed by atoms with van der Waals surface area (Å²) in [5, 5.41) is 13.5. The highest BCUT2D eigenvalue weighted by Crippen LogP contribution is 2.17. The van der Waals surface area contributed by atoms with Crippen LogP contribution in [0.2, 0.25) is 0 Å². The van der Waals surface area contributed by atoms with Gasteiger partial charge in [0.2, 0.25) is 5.95 Å². The van der Waals surface area contributed by atoms with Crippen LogP contribution in [-0.4, -0.2) is 32.3 Å². The van der Waals surface area contributed by atoms with E-state index in [9.17, 15) is 9.90 Å². The molecule has 6 heteroatoms. The highest BCUT2D eigenvalue weighted by Gasteiger charge is 2.16. The monoisotopic (exact) mass is 304 g/mol. The van der Waals surface area contributed by atoms with E-state index in [0.29, 0.717) is 17.5 Å². The van der Waals surface area contributed by atoms with E-state index in [0.717, 1.165) is 11.8 Å². The third-order valence-corrected chi connectivity index (χ3v) is 4.03. The molecule has 2 heterocycles. The van der Waals surface area contributed by atoms with Crippen LogP contribution >= 0.6 is 0 Å². The first kappa shape index (κ1) is 16.4. The lowest BCUT2D eigenvalue weighted by atomic mass is 10.0. The van der Waals surface area contributed by atoms with E-state index in [1.54, 1.807) is 16.8 Å². The fourth-order valence-electron chi connectivity index (χ4n) is 2.43. The van der Waals surface area contributed by atoms with Crippen molar-refractivity contribution in [2.75, 3.05) is 11.9 Å². The van der Waals surface area contributed by atoms with Crippen molar-refractivity contribution in [1.82, 2.24) is 14.5 Å². The SMILES string of the molecule is CC[C@H](C)[C@@H](CO)Nc1ncc2ccc(=O)n(C(C)C)c2n1. The van der Waals surface area contributed by atoms with Crippen molar-refractivity contribution in [1.29, 1.82) is 0 Å². The summed E-state index contributed by atoms with van der Waals surface area (Å²) >= 11 is 0. The molecule has 0 amide bonds. The topological polar surface area (TPSA) is 80.0 Å². The van der Waals surface area contributed by atoms with Gasteiger partial charge in [0, 0.05) is 23.7 Å². The molecule has 0 saturated carbocycles. The van der Waals surface area contributed by atoms with Crippen molar-refractivity contribution in [3.63, 3.8) is 0 Å². The first-order chi connectivity index (χ1) is 10.5. The second kappa shape index (κ2) is 6.87. The Hall–Kier alpha value is -1.95. The summed E-state index contributed by atoms with van der Waals surface area (Å²) < 4.78 is 1.65. The van der Waals surface area contributed by atoms with Gasteiger partial charge < -0.3 is 10.4 Å². The van der Waals surface area contributed by atoms with Crippen molar-refractivity contribution in [2.45, 2.75) is 46.2 Å². The minimum absolute atomic E-state index is 0.0159. The van der Waals surface area contributed by atoms with E-state index in [-0.39, 0.29) is 24.2 Å².